The highest BCUT2D eigenvalue weighted by Gasteiger charge is 2.22. The molecule has 1 aromatic carbocycles. The van der Waals surface area contributed by atoms with Crippen molar-refractivity contribution in [1.82, 2.24) is 20.1 Å². The number of carbonyl (C=O) groups is 1. The van der Waals surface area contributed by atoms with Gasteiger partial charge in [0.1, 0.15) is 5.82 Å². The molecule has 1 unspecified atom stereocenters. The number of carbonyl (C=O) groups excluding carboxylic acids is 1. The molecule has 1 amide bonds. The van der Waals surface area contributed by atoms with Gasteiger partial charge in [-0.1, -0.05) is 67.8 Å². The zero-order valence-electron chi connectivity index (χ0n) is 16.4. The van der Waals surface area contributed by atoms with Gasteiger partial charge in [-0.15, -0.1) is 10.2 Å². The molecule has 3 rings (SSSR count). The Morgan fingerprint density at radius 2 is 1.89 bits per heavy atom. The molecule has 1 aliphatic rings. The van der Waals surface area contributed by atoms with Crippen molar-refractivity contribution in [3.05, 3.63) is 41.7 Å². The van der Waals surface area contributed by atoms with Gasteiger partial charge >= 0.3 is 0 Å². The summed E-state index contributed by atoms with van der Waals surface area (Å²) in [5.41, 5.74) is 1.22. The van der Waals surface area contributed by atoms with Crippen LogP contribution in [0.2, 0.25) is 0 Å². The van der Waals surface area contributed by atoms with Crippen molar-refractivity contribution in [2.24, 2.45) is 0 Å². The molecule has 0 saturated heterocycles. The molecule has 1 aromatic heterocycles. The molecule has 146 valence electrons. The molecule has 2 aromatic rings. The van der Waals surface area contributed by atoms with E-state index in [9.17, 15) is 4.79 Å². The van der Waals surface area contributed by atoms with Crippen molar-refractivity contribution in [2.45, 2.75) is 81.8 Å². The summed E-state index contributed by atoms with van der Waals surface area (Å²) in [6, 6.07) is 10.6. The average molecular weight is 387 g/mol. The summed E-state index contributed by atoms with van der Waals surface area (Å²) in [4.78, 5) is 12.6. The van der Waals surface area contributed by atoms with Gasteiger partial charge in [0.25, 0.3) is 0 Å². The highest BCUT2D eigenvalue weighted by atomic mass is 32.2. The second-order valence-electron chi connectivity index (χ2n) is 7.26. The molecular formula is C21H30N4OS. The van der Waals surface area contributed by atoms with Gasteiger partial charge < -0.3 is 9.88 Å². The third-order valence-corrected chi connectivity index (χ3v) is 6.25. The number of hydrogen-bond acceptors (Lipinski definition) is 4. The SMILES string of the molecule is CCn1c(Cc2ccccc2)nnc1SC(C)C(=O)NC1CCCCCC1. The Kier molecular flexibility index (Phi) is 7.33. The third-order valence-electron chi connectivity index (χ3n) is 5.17. The van der Waals surface area contributed by atoms with Crippen LogP contribution >= 0.6 is 11.8 Å². The number of aromatic nitrogens is 3. The van der Waals surface area contributed by atoms with E-state index >= 15 is 0 Å². The molecule has 1 atom stereocenters. The lowest BCUT2D eigenvalue weighted by molar-refractivity contribution is -0.121. The molecule has 0 radical (unpaired) electrons. The Labute approximate surface area is 166 Å². The van der Waals surface area contributed by atoms with Crippen molar-refractivity contribution in [1.29, 1.82) is 0 Å². The van der Waals surface area contributed by atoms with Crippen LogP contribution in [-0.4, -0.2) is 32.0 Å². The highest BCUT2D eigenvalue weighted by Crippen LogP contribution is 2.24. The molecule has 5 nitrogen and oxygen atoms in total. The average Bonchev–Trinajstić information content (AvgIpc) is 2.88. The smallest absolute Gasteiger partial charge is 0.233 e. The van der Waals surface area contributed by atoms with Gasteiger partial charge in [-0.05, 0) is 32.3 Å². The summed E-state index contributed by atoms with van der Waals surface area (Å²) in [6.45, 7) is 4.86. The van der Waals surface area contributed by atoms with Crippen LogP contribution in [0.3, 0.4) is 0 Å². The van der Waals surface area contributed by atoms with Crippen LogP contribution in [0.15, 0.2) is 35.5 Å². The van der Waals surface area contributed by atoms with E-state index in [0.717, 1.165) is 36.8 Å². The predicted molar refractivity (Wildman–Crippen MR) is 110 cm³/mol. The third kappa shape index (κ3) is 5.58. The van der Waals surface area contributed by atoms with E-state index in [2.05, 4.69) is 39.1 Å². The molecule has 27 heavy (non-hydrogen) atoms. The normalized spacial score (nSPS) is 16.7. The number of nitrogens with one attached hydrogen (secondary N) is 1. The molecular weight excluding hydrogens is 356 g/mol. The summed E-state index contributed by atoms with van der Waals surface area (Å²) in [5.74, 6) is 1.06. The molecule has 0 bridgehead atoms. The van der Waals surface area contributed by atoms with E-state index in [1.165, 1.54) is 43.0 Å². The zero-order chi connectivity index (χ0) is 19.1. The minimum Gasteiger partial charge on any atom is -0.352 e. The van der Waals surface area contributed by atoms with Gasteiger partial charge in [0.2, 0.25) is 5.91 Å². The summed E-state index contributed by atoms with van der Waals surface area (Å²) < 4.78 is 2.12. The highest BCUT2D eigenvalue weighted by molar-refractivity contribution is 8.00. The molecule has 1 heterocycles. The fourth-order valence-corrected chi connectivity index (χ4v) is 4.53. The van der Waals surface area contributed by atoms with Gasteiger partial charge in [0.05, 0.1) is 5.25 Å². The summed E-state index contributed by atoms with van der Waals surface area (Å²) in [6.07, 6.45) is 8.00. The Balaban J connectivity index is 1.61. The second-order valence-corrected chi connectivity index (χ2v) is 8.57. The molecule has 0 aliphatic heterocycles. The summed E-state index contributed by atoms with van der Waals surface area (Å²) in [5, 5.41) is 12.6. The van der Waals surface area contributed by atoms with E-state index in [0.29, 0.717) is 6.04 Å². The molecule has 1 saturated carbocycles. The maximum absolute atomic E-state index is 12.6. The lowest BCUT2D eigenvalue weighted by atomic mass is 10.1. The number of benzene rings is 1. The number of thioether (sulfide) groups is 1. The molecule has 1 fully saturated rings. The molecule has 1 N–H and O–H groups in total. The number of rotatable bonds is 7. The van der Waals surface area contributed by atoms with Crippen molar-refractivity contribution in [3.8, 4) is 0 Å². The molecule has 6 heteroatoms. The fraction of sp³-hybridized carbons (Fsp3) is 0.571. The van der Waals surface area contributed by atoms with E-state index in [-0.39, 0.29) is 11.2 Å². The van der Waals surface area contributed by atoms with Gasteiger partial charge in [-0.2, -0.15) is 0 Å². The zero-order valence-corrected chi connectivity index (χ0v) is 17.2. The van der Waals surface area contributed by atoms with Crippen molar-refractivity contribution in [3.63, 3.8) is 0 Å². The Morgan fingerprint density at radius 3 is 2.56 bits per heavy atom. The monoisotopic (exact) mass is 386 g/mol. The van der Waals surface area contributed by atoms with E-state index in [1.807, 2.05) is 25.1 Å². The van der Waals surface area contributed by atoms with Gasteiger partial charge in [0.15, 0.2) is 5.16 Å². The van der Waals surface area contributed by atoms with Crippen LogP contribution in [0.5, 0.6) is 0 Å². The predicted octanol–water partition coefficient (Wildman–Crippen LogP) is 4.21. The van der Waals surface area contributed by atoms with E-state index in [4.69, 9.17) is 0 Å². The first-order valence-corrected chi connectivity index (χ1v) is 11.0. The lowest BCUT2D eigenvalue weighted by Gasteiger charge is -2.19. The maximum atomic E-state index is 12.6. The fourth-order valence-electron chi connectivity index (χ4n) is 3.59. The van der Waals surface area contributed by atoms with Crippen LogP contribution in [-0.2, 0) is 17.8 Å². The summed E-state index contributed by atoms with van der Waals surface area (Å²) in [7, 11) is 0. The van der Waals surface area contributed by atoms with Crippen LogP contribution in [0.25, 0.3) is 0 Å². The van der Waals surface area contributed by atoms with Crippen LogP contribution in [0.4, 0.5) is 0 Å². The lowest BCUT2D eigenvalue weighted by Crippen LogP contribution is -2.39. The second kappa shape index (κ2) is 9.93. The van der Waals surface area contributed by atoms with Crippen LogP contribution in [0, 0.1) is 0 Å². The first-order valence-electron chi connectivity index (χ1n) is 10.1. The van der Waals surface area contributed by atoms with E-state index in [1.54, 1.807) is 0 Å². The number of nitrogens with zero attached hydrogens (tertiary/aromatic N) is 3. The van der Waals surface area contributed by atoms with Crippen LogP contribution < -0.4 is 5.32 Å². The Morgan fingerprint density at radius 1 is 1.19 bits per heavy atom. The standard InChI is InChI=1S/C21H30N4OS/c1-3-25-19(15-17-11-7-6-8-12-17)23-24-21(25)27-16(2)20(26)22-18-13-9-4-5-10-14-18/h6-8,11-12,16,18H,3-5,9-10,13-15H2,1-2H3,(H,22,26). The molecule has 1 aliphatic carbocycles. The van der Waals surface area contributed by atoms with Crippen LogP contribution in [0.1, 0.15) is 63.8 Å². The Hall–Kier alpha value is -1.82. The molecule has 0 spiro atoms. The van der Waals surface area contributed by atoms with Crippen molar-refractivity contribution >= 4 is 17.7 Å². The first-order chi connectivity index (χ1) is 13.2. The number of amides is 1. The quantitative estimate of drug-likeness (QED) is 0.572. The summed E-state index contributed by atoms with van der Waals surface area (Å²) >= 11 is 1.51. The van der Waals surface area contributed by atoms with Gasteiger partial charge in [0, 0.05) is 19.0 Å². The van der Waals surface area contributed by atoms with Crippen molar-refractivity contribution in [2.75, 3.05) is 0 Å². The van der Waals surface area contributed by atoms with Crippen molar-refractivity contribution < 1.29 is 4.79 Å². The van der Waals surface area contributed by atoms with E-state index < -0.39 is 0 Å². The largest absolute Gasteiger partial charge is 0.352 e. The topological polar surface area (TPSA) is 59.8 Å². The van der Waals surface area contributed by atoms with Gasteiger partial charge in [-0.3, -0.25) is 4.79 Å². The maximum Gasteiger partial charge on any atom is 0.233 e. The number of hydrogen-bond donors (Lipinski definition) is 1. The minimum atomic E-state index is -0.174. The first kappa shape index (κ1) is 19.9. The minimum absolute atomic E-state index is 0.113. The van der Waals surface area contributed by atoms with Gasteiger partial charge in [-0.25, -0.2) is 0 Å². The Bertz CT molecular complexity index is 723.